The molecule has 3 heteroatoms. The molecule has 2 aliphatic heterocycles. The highest BCUT2D eigenvalue weighted by atomic mass is 16.5. The summed E-state index contributed by atoms with van der Waals surface area (Å²) in [5.41, 5.74) is 0.656. The first-order chi connectivity index (χ1) is 9.35. The summed E-state index contributed by atoms with van der Waals surface area (Å²) in [6.07, 6.45) is 3.70. The normalized spacial score (nSPS) is 34.4. The van der Waals surface area contributed by atoms with E-state index in [2.05, 4.69) is 44.8 Å². The molecule has 0 saturated carbocycles. The largest absolute Gasteiger partial charge is 0.381 e. The van der Waals surface area contributed by atoms with E-state index in [1.165, 1.54) is 32.4 Å². The zero-order chi connectivity index (χ0) is 14.8. The van der Waals surface area contributed by atoms with E-state index in [-0.39, 0.29) is 0 Å². The molecular weight excluding hydrogens is 248 g/mol. The molecule has 0 radical (unpaired) electrons. The van der Waals surface area contributed by atoms with Crippen LogP contribution in [0, 0.1) is 11.3 Å². The molecule has 2 fully saturated rings. The monoisotopic (exact) mass is 282 g/mol. The Labute approximate surface area is 125 Å². The van der Waals surface area contributed by atoms with Crippen molar-refractivity contribution in [2.24, 2.45) is 11.3 Å². The maximum atomic E-state index is 5.51. The van der Waals surface area contributed by atoms with Crippen molar-refractivity contribution in [1.29, 1.82) is 0 Å². The van der Waals surface area contributed by atoms with Crippen LogP contribution >= 0.6 is 0 Å². The van der Waals surface area contributed by atoms with Gasteiger partial charge in [0.05, 0.1) is 0 Å². The number of piperazine rings is 1. The van der Waals surface area contributed by atoms with E-state index in [1.807, 2.05) is 0 Å². The minimum absolute atomic E-state index is 0.319. The highest BCUT2D eigenvalue weighted by Gasteiger charge is 2.40. The van der Waals surface area contributed by atoms with Gasteiger partial charge in [-0.2, -0.15) is 0 Å². The smallest absolute Gasteiger partial charge is 0.0469 e. The van der Waals surface area contributed by atoms with Crippen molar-refractivity contribution in [3.63, 3.8) is 0 Å². The van der Waals surface area contributed by atoms with Crippen molar-refractivity contribution in [1.82, 2.24) is 10.2 Å². The lowest BCUT2D eigenvalue weighted by Gasteiger charge is -2.52. The van der Waals surface area contributed by atoms with Crippen molar-refractivity contribution in [2.45, 2.75) is 65.5 Å². The third kappa shape index (κ3) is 3.75. The molecule has 3 nitrogen and oxygen atoms in total. The molecule has 0 aromatic carbocycles. The lowest BCUT2D eigenvalue weighted by Crippen LogP contribution is -2.66. The Kier molecular flexibility index (Phi) is 5.14. The summed E-state index contributed by atoms with van der Waals surface area (Å²) in [5, 5.41) is 3.80. The number of hydrogen-bond donors (Lipinski definition) is 1. The molecule has 2 saturated heterocycles. The maximum absolute atomic E-state index is 5.51. The van der Waals surface area contributed by atoms with Gasteiger partial charge in [0.15, 0.2) is 0 Å². The first-order valence-corrected chi connectivity index (χ1v) is 8.41. The van der Waals surface area contributed by atoms with E-state index in [0.717, 1.165) is 25.7 Å². The summed E-state index contributed by atoms with van der Waals surface area (Å²) in [5.74, 6) is 0.827. The second kappa shape index (κ2) is 6.33. The Bertz CT molecular complexity index is 307. The zero-order valence-electron chi connectivity index (χ0n) is 14.2. The fourth-order valence-corrected chi connectivity index (χ4v) is 3.42. The Hall–Kier alpha value is -0.120. The van der Waals surface area contributed by atoms with Crippen LogP contribution in [0.2, 0.25) is 0 Å². The Morgan fingerprint density at radius 1 is 1.25 bits per heavy atom. The summed E-state index contributed by atoms with van der Waals surface area (Å²) in [6, 6.07) is 0.599. The van der Waals surface area contributed by atoms with Crippen molar-refractivity contribution in [3.05, 3.63) is 0 Å². The van der Waals surface area contributed by atoms with Gasteiger partial charge in [0.2, 0.25) is 0 Å². The molecule has 0 amide bonds. The molecule has 0 bridgehead atoms. The van der Waals surface area contributed by atoms with Gasteiger partial charge >= 0.3 is 0 Å². The van der Waals surface area contributed by atoms with Crippen molar-refractivity contribution in [2.75, 3.05) is 32.8 Å². The van der Waals surface area contributed by atoms with Crippen molar-refractivity contribution in [3.8, 4) is 0 Å². The van der Waals surface area contributed by atoms with Crippen LogP contribution in [-0.2, 0) is 4.74 Å². The van der Waals surface area contributed by atoms with Crippen LogP contribution in [-0.4, -0.2) is 49.3 Å². The molecule has 2 rings (SSSR count). The van der Waals surface area contributed by atoms with Crippen molar-refractivity contribution < 1.29 is 4.74 Å². The van der Waals surface area contributed by atoms with Gasteiger partial charge in [-0.05, 0) is 37.5 Å². The molecule has 2 unspecified atom stereocenters. The molecule has 2 atom stereocenters. The molecule has 20 heavy (non-hydrogen) atoms. The number of nitrogens with zero attached hydrogens (tertiary/aromatic N) is 1. The van der Waals surface area contributed by atoms with E-state index < -0.39 is 0 Å². The SMILES string of the molecule is CCC1(C)CNC(C(C)(C)C)CN1CC1CCOCC1. The molecule has 2 aliphatic rings. The molecule has 0 aromatic rings. The average Bonchev–Trinajstić information content (AvgIpc) is 2.41. The van der Waals surface area contributed by atoms with Crippen molar-refractivity contribution >= 4 is 0 Å². The molecular formula is C17H34N2O. The van der Waals surface area contributed by atoms with Gasteiger partial charge in [0.1, 0.15) is 0 Å². The lowest BCUT2D eigenvalue weighted by molar-refractivity contribution is -0.0106. The summed E-state index contributed by atoms with van der Waals surface area (Å²) in [6.45, 7) is 17.3. The number of nitrogens with one attached hydrogen (secondary N) is 1. The minimum atomic E-state index is 0.319. The van der Waals surface area contributed by atoms with Gasteiger partial charge in [-0.15, -0.1) is 0 Å². The van der Waals surface area contributed by atoms with Crippen LogP contribution < -0.4 is 5.32 Å². The van der Waals surface area contributed by atoms with Crippen LogP contribution in [0.4, 0.5) is 0 Å². The second-order valence-electron chi connectivity index (χ2n) is 8.11. The predicted molar refractivity (Wildman–Crippen MR) is 85.1 cm³/mol. The van der Waals surface area contributed by atoms with Gasteiger partial charge < -0.3 is 10.1 Å². The van der Waals surface area contributed by atoms with Crippen LogP contribution in [0.1, 0.15) is 53.9 Å². The minimum Gasteiger partial charge on any atom is -0.381 e. The average molecular weight is 282 g/mol. The topological polar surface area (TPSA) is 24.5 Å². The highest BCUT2D eigenvalue weighted by molar-refractivity contribution is 4.99. The first kappa shape index (κ1) is 16.3. The first-order valence-electron chi connectivity index (χ1n) is 8.41. The summed E-state index contributed by atoms with van der Waals surface area (Å²) < 4.78 is 5.51. The van der Waals surface area contributed by atoms with Gasteiger partial charge in [0.25, 0.3) is 0 Å². The second-order valence-corrected chi connectivity index (χ2v) is 8.11. The molecule has 1 N–H and O–H groups in total. The molecule has 0 aliphatic carbocycles. The third-order valence-corrected chi connectivity index (χ3v) is 5.52. The number of hydrogen-bond acceptors (Lipinski definition) is 3. The Morgan fingerprint density at radius 2 is 1.90 bits per heavy atom. The quantitative estimate of drug-likeness (QED) is 0.861. The molecule has 118 valence electrons. The van der Waals surface area contributed by atoms with E-state index in [4.69, 9.17) is 4.74 Å². The van der Waals surface area contributed by atoms with E-state index in [9.17, 15) is 0 Å². The van der Waals surface area contributed by atoms with Crippen LogP contribution in [0.15, 0.2) is 0 Å². The lowest BCUT2D eigenvalue weighted by atomic mass is 9.81. The Morgan fingerprint density at radius 3 is 2.45 bits per heavy atom. The predicted octanol–water partition coefficient (Wildman–Crippen LogP) is 2.90. The maximum Gasteiger partial charge on any atom is 0.0469 e. The third-order valence-electron chi connectivity index (χ3n) is 5.52. The number of ether oxygens (including phenoxy) is 1. The van der Waals surface area contributed by atoms with E-state index in [1.54, 1.807) is 0 Å². The van der Waals surface area contributed by atoms with E-state index >= 15 is 0 Å². The van der Waals surface area contributed by atoms with Crippen LogP contribution in [0.5, 0.6) is 0 Å². The van der Waals surface area contributed by atoms with Gasteiger partial charge in [-0.25, -0.2) is 0 Å². The molecule has 0 aromatic heterocycles. The van der Waals surface area contributed by atoms with E-state index in [0.29, 0.717) is 17.0 Å². The Balaban J connectivity index is 2.03. The number of rotatable bonds is 3. The summed E-state index contributed by atoms with van der Waals surface area (Å²) >= 11 is 0. The zero-order valence-corrected chi connectivity index (χ0v) is 14.2. The van der Waals surface area contributed by atoms with Crippen LogP contribution in [0.25, 0.3) is 0 Å². The standard InChI is InChI=1S/C17H34N2O/c1-6-17(5)13-18-15(16(2,3)4)12-19(17)11-14-7-9-20-10-8-14/h14-15,18H,6-13H2,1-5H3. The molecule has 2 heterocycles. The van der Waals surface area contributed by atoms with Gasteiger partial charge in [-0.1, -0.05) is 27.7 Å². The van der Waals surface area contributed by atoms with Gasteiger partial charge in [-0.3, -0.25) is 4.90 Å². The summed E-state index contributed by atoms with van der Waals surface area (Å²) in [4.78, 5) is 2.77. The van der Waals surface area contributed by atoms with Crippen LogP contribution in [0.3, 0.4) is 0 Å². The fraction of sp³-hybridized carbons (Fsp3) is 1.00. The fourth-order valence-electron chi connectivity index (χ4n) is 3.42. The molecule has 0 spiro atoms. The highest BCUT2D eigenvalue weighted by Crippen LogP contribution is 2.31. The van der Waals surface area contributed by atoms with Gasteiger partial charge in [0, 0.05) is 44.4 Å². The summed E-state index contributed by atoms with van der Waals surface area (Å²) in [7, 11) is 0.